The Kier molecular flexibility index (Phi) is 6.88. The van der Waals surface area contributed by atoms with E-state index in [1.54, 1.807) is 0 Å². The molecule has 26 heavy (non-hydrogen) atoms. The van der Waals surface area contributed by atoms with Gasteiger partial charge in [0.1, 0.15) is 0 Å². The summed E-state index contributed by atoms with van der Waals surface area (Å²) >= 11 is -1.16. The van der Waals surface area contributed by atoms with Gasteiger partial charge in [0.25, 0.3) is 0 Å². The first-order chi connectivity index (χ1) is 12.7. The molecular weight excluding hydrogens is 347 g/mol. The highest BCUT2D eigenvalue weighted by molar-refractivity contribution is 6.78. The Balaban J connectivity index is 1.97. The lowest BCUT2D eigenvalue weighted by atomic mass is 10.2. The van der Waals surface area contributed by atoms with E-state index in [0.717, 1.165) is 18.1 Å². The molecule has 1 nitrogen and oxygen atoms in total. The highest BCUT2D eigenvalue weighted by Crippen LogP contribution is 2.24. The molecule has 0 heterocycles. The average molecular weight is 375 g/mol. The van der Waals surface area contributed by atoms with Crippen molar-refractivity contribution in [3.8, 4) is 0 Å². The number of hydrogen-bond acceptors (Lipinski definition) is 1. The minimum absolute atomic E-state index is 1.07. The van der Waals surface area contributed by atoms with Crippen LogP contribution >= 0.6 is 0 Å². The Hall–Kier alpha value is -1.63. The van der Waals surface area contributed by atoms with E-state index in [4.69, 9.17) is 3.48 Å². The molecule has 0 aliphatic carbocycles. The van der Waals surface area contributed by atoms with Gasteiger partial charge in [-0.15, -0.1) is 0 Å². The Morgan fingerprint density at radius 2 is 0.885 bits per heavy atom. The summed E-state index contributed by atoms with van der Waals surface area (Å²) in [4.78, 5) is 0. The second kappa shape index (κ2) is 9.35. The molecule has 0 N–H and O–H groups in total. The molecule has 0 saturated carbocycles. The fourth-order valence-corrected chi connectivity index (χ4v) is 12.0. The molecule has 0 aliphatic heterocycles. The van der Waals surface area contributed by atoms with Crippen LogP contribution < -0.4 is 0 Å². The molecule has 3 aromatic carbocycles. The van der Waals surface area contributed by atoms with Crippen LogP contribution in [-0.4, -0.2) is 22.8 Å². The summed E-state index contributed by atoms with van der Waals surface area (Å²) in [5.41, 5.74) is 4.21. The van der Waals surface area contributed by atoms with Crippen LogP contribution in [0.1, 0.15) is 16.7 Å². The molecule has 0 fully saturated rings. The van der Waals surface area contributed by atoms with E-state index >= 15 is 0 Å². The van der Waals surface area contributed by atoms with E-state index in [1.807, 2.05) is 0 Å². The van der Waals surface area contributed by atoms with E-state index in [1.165, 1.54) is 16.7 Å². The summed E-state index contributed by atoms with van der Waals surface area (Å²) in [6, 6.07) is 35.9. The zero-order valence-corrected chi connectivity index (χ0v) is 17.9. The van der Waals surface area contributed by atoms with Gasteiger partial charge in [-0.05, 0) is 34.8 Å². The van der Waals surface area contributed by atoms with Crippen molar-refractivity contribution in [1.82, 2.24) is 0 Å². The van der Waals surface area contributed by atoms with Crippen LogP contribution in [0.25, 0.3) is 0 Å². The van der Waals surface area contributed by atoms with Gasteiger partial charge >= 0.3 is 14.5 Å². The van der Waals surface area contributed by atoms with Crippen LogP contribution in [0.2, 0.25) is 11.6 Å². The van der Waals surface area contributed by atoms with Crippen LogP contribution in [-0.2, 0) is 21.6 Å². The van der Waals surface area contributed by atoms with Crippen molar-refractivity contribution in [2.24, 2.45) is 0 Å². The van der Waals surface area contributed by atoms with Crippen molar-refractivity contribution in [3.05, 3.63) is 108 Å². The molecule has 0 atom stereocenters. The molecule has 0 spiro atoms. The second-order valence-corrected chi connectivity index (χ2v) is 13.8. The molecule has 0 saturated heterocycles. The number of rotatable bonds is 8. The van der Waals surface area contributed by atoms with Crippen molar-refractivity contribution in [2.75, 3.05) is 0 Å². The van der Waals surface area contributed by atoms with Gasteiger partial charge in [-0.25, -0.2) is 0 Å². The summed E-state index contributed by atoms with van der Waals surface area (Å²) in [5.74, 6) is 4.62. The van der Waals surface area contributed by atoms with Crippen molar-refractivity contribution >= 4 is 22.8 Å². The lowest BCUT2D eigenvalue weighted by Crippen LogP contribution is -2.50. The third kappa shape index (κ3) is 5.69. The van der Waals surface area contributed by atoms with E-state index < -0.39 is 22.8 Å². The van der Waals surface area contributed by atoms with Crippen LogP contribution in [0, 0.1) is 0 Å². The van der Waals surface area contributed by atoms with Gasteiger partial charge < -0.3 is 3.48 Å². The molecule has 0 aromatic heterocycles. The average Bonchev–Trinajstić information content (AvgIpc) is 2.63. The fraction of sp³-hybridized carbons (Fsp3) is 0.217. The molecule has 0 amide bonds. The Bertz CT molecular complexity index is 674. The van der Waals surface area contributed by atoms with E-state index in [-0.39, 0.29) is 0 Å². The zero-order chi connectivity index (χ0) is 18.2. The minimum Gasteiger partial charge on any atom is -0.545 e. The lowest BCUT2D eigenvalue weighted by molar-refractivity contribution is 0.545. The third-order valence-electron chi connectivity index (χ3n) is 4.59. The standard InChI is InChI=1S/C21H21OSi.2CH3.Al/c22-23(16-19-10-4-1-5-11-19,17-20-12-6-2-7-13-20)18-21-14-8-3-9-15-21;;;/h1-15H,16-18H2;2*1H3;/q-1;;;+1. The Morgan fingerprint density at radius 3 is 1.15 bits per heavy atom. The van der Waals surface area contributed by atoms with Crippen molar-refractivity contribution < 1.29 is 3.48 Å². The Labute approximate surface area is 163 Å². The van der Waals surface area contributed by atoms with Crippen LogP contribution in [0.4, 0.5) is 0 Å². The predicted octanol–water partition coefficient (Wildman–Crippen LogP) is 5.55. The maximum Gasteiger partial charge on any atom is 0.443 e. The van der Waals surface area contributed by atoms with Crippen molar-refractivity contribution in [1.29, 1.82) is 0 Å². The van der Waals surface area contributed by atoms with E-state index in [0.29, 0.717) is 0 Å². The topological polar surface area (TPSA) is 9.23 Å². The van der Waals surface area contributed by atoms with Gasteiger partial charge in [-0.1, -0.05) is 103 Å². The van der Waals surface area contributed by atoms with Crippen LogP contribution in [0.15, 0.2) is 91.0 Å². The van der Waals surface area contributed by atoms with Crippen LogP contribution in [0.3, 0.4) is 0 Å². The molecule has 0 bridgehead atoms. The van der Waals surface area contributed by atoms with E-state index in [9.17, 15) is 0 Å². The van der Waals surface area contributed by atoms with Crippen molar-refractivity contribution in [2.45, 2.75) is 29.7 Å². The number of hydrogen-bond donors (Lipinski definition) is 0. The lowest BCUT2D eigenvalue weighted by Gasteiger charge is -2.35. The van der Waals surface area contributed by atoms with Gasteiger partial charge in [0.15, 0.2) is 8.32 Å². The first-order valence-electron chi connectivity index (χ1n) is 9.45. The first kappa shape index (κ1) is 19.1. The van der Waals surface area contributed by atoms with Gasteiger partial charge in [0, 0.05) is 0 Å². The first-order valence-corrected chi connectivity index (χ1v) is 14.8. The summed E-state index contributed by atoms with van der Waals surface area (Å²) in [6.07, 6.45) is 0. The molecule has 3 aromatic rings. The molecule has 0 unspecified atom stereocenters. The SMILES string of the molecule is [CH3][Al]([CH3])[O][Si](Cc1ccccc1)(Cc1ccccc1)Cc1ccccc1. The summed E-state index contributed by atoms with van der Waals surface area (Å²) < 4.78 is 6.93. The maximum atomic E-state index is 6.93. The largest absolute Gasteiger partial charge is 0.545 e. The summed E-state index contributed by atoms with van der Waals surface area (Å²) in [6.45, 7) is 0. The second-order valence-electron chi connectivity index (χ2n) is 7.34. The Morgan fingerprint density at radius 1 is 0.577 bits per heavy atom. The molecule has 0 aliphatic rings. The van der Waals surface area contributed by atoms with Gasteiger partial charge in [-0.2, -0.15) is 0 Å². The van der Waals surface area contributed by atoms with Gasteiger partial charge in [0.05, 0.1) is 0 Å². The third-order valence-corrected chi connectivity index (χ3v) is 11.6. The summed E-state index contributed by atoms with van der Waals surface area (Å²) in [7, 11) is -2.02. The smallest absolute Gasteiger partial charge is 0.443 e. The molecule has 132 valence electrons. The molecule has 3 rings (SSSR count). The highest BCUT2D eigenvalue weighted by Gasteiger charge is 2.36. The van der Waals surface area contributed by atoms with E-state index in [2.05, 4.69) is 103 Å². The quantitative estimate of drug-likeness (QED) is 0.470. The monoisotopic (exact) mass is 374 g/mol. The normalized spacial score (nSPS) is 11.3. The summed E-state index contributed by atoms with van der Waals surface area (Å²) in [5, 5.41) is 0. The molecule has 3 heteroatoms. The van der Waals surface area contributed by atoms with Crippen LogP contribution in [0.5, 0.6) is 0 Å². The molecule has 0 radical (unpaired) electrons. The minimum atomic E-state index is -2.02. The molecular formula is C23H27AlOSi. The number of benzene rings is 3. The zero-order valence-electron chi connectivity index (χ0n) is 15.8. The van der Waals surface area contributed by atoms with Crippen molar-refractivity contribution in [3.63, 3.8) is 0 Å². The maximum absolute atomic E-state index is 6.93. The highest BCUT2D eigenvalue weighted by atomic mass is 28.4. The van der Waals surface area contributed by atoms with Gasteiger partial charge in [0.2, 0.25) is 0 Å². The predicted molar refractivity (Wildman–Crippen MR) is 115 cm³/mol. The van der Waals surface area contributed by atoms with Gasteiger partial charge in [-0.3, -0.25) is 0 Å². The fourth-order valence-electron chi connectivity index (χ4n) is 3.72.